The molecule has 1 aromatic carbocycles. The molecule has 5 heteroatoms. The standard InChI is InChI=1S/C18H26F2N2O/c1-13-12-22(10-7-18(13,2)23)14-5-8-21(9-6-14)15-3-4-16(19)17(20)11-15/h3-4,11,13-14,23H,5-10,12H2,1-2H3/t13-,18+/m1/s1. The van der Waals surface area contributed by atoms with Crippen molar-refractivity contribution >= 4 is 5.69 Å². The van der Waals surface area contributed by atoms with Crippen molar-refractivity contribution in [1.82, 2.24) is 4.90 Å². The molecular formula is C18H26F2N2O. The highest BCUT2D eigenvalue weighted by Crippen LogP contribution is 2.31. The third-order valence-electron chi connectivity index (χ3n) is 5.72. The Hall–Kier alpha value is -1.20. The van der Waals surface area contributed by atoms with Gasteiger partial charge < -0.3 is 10.0 Å². The number of hydrogen-bond donors (Lipinski definition) is 1. The average Bonchev–Trinajstić information content (AvgIpc) is 2.53. The van der Waals surface area contributed by atoms with Crippen molar-refractivity contribution in [3.8, 4) is 0 Å². The topological polar surface area (TPSA) is 26.7 Å². The smallest absolute Gasteiger partial charge is 0.160 e. The van der Waals surface area contributed by atoms with Crippen LogP contribution in [0.25, 0.3) is 0 Å². The number of nitrogens with zero attached hydrogens (tertiary/aromatic N) is 2. The summed E-state index contributed by atoms with van der Waals surface area (Å²) in [5.41, 5.74) is 0.209. The Balaban J connectivity index is 1.57. The van der Waals surface area contributed by atoms with Gasteiger partial charge in [-0.15, -0.1) is 0 Å². The van der Waals surface area contributed by atoms with Gasteiger partial charge in [0.2, 0.25) is 0 Å². The van der Waals surface area contributed by atoms with Crippen LogP contribution >= 0.6 is 0 Å². The van der Waals surface area contributed by atoms with Crippen LogP contribution in [0.3, 0.4) is 0 Å². The fraction of sp³-hybridized carbons (Fsp3) is 0.667. The molecule has 0 spiro atoms. The summed E-state index contributed by atoms with van der Waals surface area (Å²) < 4.78 is 26.4. The first-order valence-electron chi connectivity index (χ1n) is 8.53. The number of aliphatic hydroxyl groups is 1. The molecule has 2 aliphatic heterocycles. The number of rotatable bonds is 2. The van der Waals surface area contributed by atoms with Crippen molar-refractivity contribution in [3.05, 3.63) is 29.8 Å². The van der Waals surface area contributed by atoms with Gasteiger partial charge in [0.25, 0.3) is 0 Å². The number of halogens is 2. The predicted molar refractivity (Wildman–Crippen MR) is 87.6 cm³/mol. The van der Waals surface area contributed by atoms with E-state index in [1.165, 1.54) is 12.1 Å². The number of likely N-dealkylation sites (tertiary alicyclic amines) is 1. The molecule has 2 fully saturated rings. The van der Waals surface area contributed by atoms with Gasteiger partial charge in [0.05, 0.1) is 5.60 Å². The Morgan fingerprint density at radius 2 is 1.83 bits per heavy atom. The summed E-state index contributed by atoms with van der Waals surface area (Å²) in [5, 5.41) is 10.3. The molecule has 0 bridgehead atoms. The molecule has 2 saturated heterocycles. The van der Waals surface area contributed by atoms with Crippen molar-refractivity contribution in [1.29, 1.82) is 0 Å². The molecule has 0 unspecified atom stereocenters. The van der Waals surface area contributed by atoms with E-state index in [-0.39, 0.29) is 5.92 Å². The fourth-order valence-electron chi connectivity index (χ4n) is 3.76. The van der Waals surface area contributed by atoms with Crippen LogP contribution in [0.4, 0.5) is 14.5 Å². The zero-order chi connectivity index (χ0) is 16.6. The molecule has 0 radical (unpaired) electrons. The zero-order valence-electron chi connectivity index (χ0n) is 13.9. The van der Waals surface area contributed by atoms with Crippen molar-refractivity contribution in [2.75, 3.05) is 31.1 Å². The summed E-state index contributed by atoms with van der Waals surface area (Å²) in [4.78, 5) is 4.62. The van der Waals surface area contributed by atoms with E-state index in [1.807, 2.05) is 6.92 Å². The number of piperidine rings is 2. The van der Waals surface area contributed by atoms with E-state index in [4.69, 9.17) is 0 Å². The largest absolute Gasteiger partial charge is 0.390 e. The highest BCUT2D eigenvalue weighted by atomic mass is 19.2. The molecule has 1 aromatic rings. The summed E-state index contributed by atoms with van der Waals surface area (Å²) in [7, 11) is 0. The minimum atomic E-state index is -0.794. The zero-order valence-corrected chi connectivity index (χ0v) is 13.9. The Labute approximate surface area is 136 Å². The lowest BCUT2D eigenvalue weighted by atomic mass is 9.82. The van der Waals surface area contributed by atoms with Gasteiger partial charge in [0.15, 0.2) is 11.6 Å². The lowest BCUT2D eigenvalue weighted by Gasteiger charge is -2.46. The first-order valence-corrected chi connectivity index (χ1v) is 8.53. The highest BCUT2D eigenvalue weighted by molar-refractivity contribution is 5.47. The van der Waals surface area contributed by atoms with E-state index in [2.05, 4.69) is 16.7 Å². The molecule has 0 aliphatic carbocycles. The van der Waals surface area contributed by atoms with Gasteiger partial charge in [-0.25, -0.2) is 8.78 Å². The molecule has 3 rings (SSSR count). The molecule has 1 N–H and O–H groups in total. The van der Waals surface area contributed by atoms with Gasteiger partial charge in [-0.05, 0) is 44.2 Å². The van der Waals surface area contributed by atoms with E-state index >= 15 is 0 Å². The Kier molecular flexibility index (Phi) is 4.61. The quantitative estimate of drug-likeness (QED) is 0.906. The van der Waals surface area contributed by atoms with E-state index < -0.39 is 17.2 Å². The third-order valence-corrected chi connectivity index (χ3v) is 5.72. The first kappa shape index (κ1) is 16.7. The lowest BCUT2D eigenvalue weighted by molar-refractivity contribution is -0.0621. The minimum Gasteiger partial charge on any atom is -0.390 e. The second-order valence-electron chi connectivity index (χ2n) is 7.32. The normalized spacial score (nSPS) is 30.7. The van der Waals surface area contributed by atoms with Gasteiger partial charge in [-0.2, -0.15) is 0 Å². The van der Waals surface area contributed by atoms with E-state index in [0.29, 0.717) is 6.04 Å². The maximum Gasteiger partial charge on any atom is 0.160 e. The van der Waals surface area contributed by atoms with Crippen LogP contribution in [-0.4, -0.2) is 47.8 Å². The van der Waals surface area contributed by atoms with Gasteiger partial charge >= 0.3 is 0 Å². The Bertz CT molecular complexity index is 556. The van der Waals surface area contributed by atoms with Gasteiger partial charge in [-0.3, -0.25) is 4.90 Å². The van der Waals surface area contributed by atoms with Crippen molar-refractivity contribution in [3.63, 3.8) is 0 Å². The summed E-state index contributed by atoms with van der Waals surface area (Å²) in [6, 6.07) is 4.66. The molecule has 2 heterocycles. The van der Waals surface area contributed by atoms with Crippen molar-refractivity contribution in [2.24, 2.45) is 5.92 Å². The van der Waals surface area contributed by atoms with Gasteiger partial charge in [0.1, 0.15) is 0 Å². The minimum absolute atomic E-state index is 0.278. The summed E-state index contributed by atoms with van der Waals surface area (Å²) >= 11 is 0. The van der Waals surface area contributed by atoms with Gasteiger partial charge in [-0.1, -0.05) is 6.92 Å². The number of anilines is 1. The second kappa shape index (κ2) is 6.36. The first-order chi connectivity index (χ1) is 10.9. The molecule has 2 aliphatic rings. The molecule has 0 saturated carbocycles. The average molecular weight is 324 g/mol. The maximum atomic E-state index is 13.4. The van der Waals surface area contributed by atoms with Crippen LogP contribution in [0.1, 0.15) is 33.1 Å². The van der Waals surface area contributed by atoms with Crippen LogP contribution in [0.5, 0.6) is 0 Å². The van der Waals surface area contributed by atoms with Crippen LogP contribution < -0.4 is 4.90 Å². The fourth-order valence-corrected chi connectivity index (χ4v) is 3.76. The molecule has 128 valence electrons. The maximum absolute atomic E-state index is 13.4. The van der Waals surface area contributed by atoms with Crippen LogP contribution in [0.2, 0.25) is 0 Å². The summed E-state index contributed by atoms with van der Waals surface area (Å²) in [6.45, 7) is 7.63. The molecule has 0 aromatic heterocycles. The van der Waals surface area contributed by atoms with Crippen molar-refractivity contribution in [2.45, 2.75) is 44.8 Å². The third kappa shape index (κ3) is 3.50. The summed E-state index contributed by atoms with van der Waals surface area (Å²) in [6.07, 6.45) is 2.86. The molecule has 2 atom stereocenters. The van der Waals surface area contributed by atoms with E-state index in [9.17, 15) is 13.9 Å². The Morgan fingerprint density at radius 1 is 1.13 bits per heavy atom. The highest BCUT2D eigenvalue weighted by Gasteiger charge is 2.37. The Morgan fingerprint density at radius 3 is 2.43 bits per heavy atom. The molecular weight excluding hydrogens is 298 g/mol. The van der Waals surface area contributed by atoms with Crippen LogP contribution in [0, 0.1) is 17.6 Å². The van der Waals surface area contributed by atoms with Crippen LogP contribution in [0.15, 0.2) is 18.2 Å². The van der Waals surface area contributed by atoms with Crippen LogP contribution in [-0.2, 0) is 0 Å². The number of hydrogen-bond acceptors (Lipinski definition) is 3. The molecule has 0 amide bonds. The van der Waals surface area contributed by atoms with E-state index in [1.54, 1.807) is 6.07 Å². The predicted octanol–water partition coefficient (Wildman–Crippen LogP) is 3.03. The van der Waals surface area contributed by atoms with E-state index in [0.717, 1.165) is 51.1 Å². The van der Waals surface area contributed by atoms with Crippen molar-refractivity contribution < 1.29 is 13.9 Å². The van der Waals surface area contributed by atoms with Gasteiger partial charge in [0, 0.05) is 44.0 Å². The molecule has 3 nitrogen and oxygen atoms in total. The number of benzene rings is 1. The molecule has 23 heavy (non-hydrogen) atoms. The second-order valence-corrected chi connectivity index (χ2v) is 7.32. The SMILES string of the molecule is C[C@@H]1CN(C2CCN(c3ccc(F)c(F)c3)CC2)CC[C@]1(C)O. The lowest BCUT2D eigenvalue weighted by Crippen LogP contribution is -2.54. The monoisotopic (exact) mass is 324 g/mol. The summed E-state index contributed by atoms with van der Waals surface area (Å²) in [5.74, 6) is -1.30.